The van der Waals surface area contributed by atoms with Gasteiger partial charge in [0.15, 0.2) is 0 Å². The topological polar surface area (TPSA) is 119 Å². The van der Waals surface area contributed by atoms with Crippen LogP contribution in [0.5, 0.6) is 0 Å². The first-order valence-corrected chi connectivity index (χ1v) is 11.1. The highest BCUT2D eigenvalue weighted by molar-refractivity contribution is 7.89. The van der Waals surface area contributed by atoms with E-state index >= 15 is 0 Å². The fourth-order valence-corrected chi connectivity index (χ4v) is 3.75. The number of amides is 2. The smallest absolute Gasteiger partial charge is 0.318 e. The largest absolute Gasteiger partial charge is 0.339 e. The molecule has 0 radical (unpaired) electrons. The van der Waals surface area contributed by atoms with Crippen LogP contribution in [0.15, 0.2) is 58.5 Å². The average molecular weight is 440 g/mol. The van der Waals surface area contributed by atoms with Crippen LogP contribution in [0.4, 0.5) is 10.5 Å². The number of anilines is 1. The molecule has 0 saturated heterocycles. The highest BCUT2D eigenvalue weighted by Gasteiger charge is 2.12. The van der Waals surface area contributed by atoms with Gasteiger partial charge in [0, 0.05) is 28.3 Å². The summed E-state index contributed by atoms with van der Waals surface area (Å²) in [6, 6.07) is 13.5. The normalized spacial score (nSPS) is 11.6. The van der Waals surface area contributed by atoms with Gasteiger partial charge in [-0.15, -0.1) is 0 Å². The van der Waals surface area contributed by atoms with E-state index in [9.17, 15) is 13.2 Å². The van der Waals surface area contributed by atoms with Gasteiger partial charge >= 0.3 is 6.03 Å². The molecule has 3 rings (SSSR count). The van der Waals surface area contributed by atoms with Crippen molar-refractivity contribution in [3.63, 3.8) is 0 Å². The molecule has 0 saturated carbocycles. The summed E-state index contributed by atoms with van der Waals surface area (Å²) in [5, 5.41) is 11.9. The fourth-order valence-electron chi connectivity index (χ4n) is 3.24. The molecule has 0 spiro atoms. The highest BCUT2D eigenvalue weighted by Crippen LogP contribution is 2.21. The van der Waals surface area contributed by atoms with E-state index in [1.807, 2.05) is 56.5 Å². The molecule has 2 aromatic carbocycles. The highest BCUT2D eigenvalue weighted by atomic mass is 32.2. The average Bonchev–Trinajstić information content (AvgIpc) is 2.97. The van der Waals surface area contributed by atoms with Crippen molar-refractivity contribution in [2.75, 3.05) is 5.32 Å². The Morgan fingerprint density at radius 2 is 1.68 bits per heavy atom. The molecule has 0 atom stereocenters. The van der Waals surface area contributed by atoms with E-state index in [0.717, 1.165) is 33.8 Å². The predicted molar refractivity (Wildman–Crippen MR) is 122 cm³/mol. The minimum absolute atomic E-state index is 0.0551. The molecule has 9 heteroatoms. The second kappa shape index (κ2) is 8.75. The number of hydrogen-bond donors (Lipinski definition) is 3. The summed E-state index contributed by atoms with van der Waals surface area (Å²) in [5.74, 6) is 0. The number of benzene rings is 2. The van der Waals surface area contributed by atoms with Crippen LogP contribution >= 0.6 is 0 Å². The predicted octanol–water partition coefficient (Wildman–Crippen LogP) is 3.51. The molecule has 1 aromatic heterocycles. The van der Waals surface area contributed by atoms with Crippen molar-refractivity contribution in [2.24, 2.45) is 10.2 Å². The van der Waals surface area contributed by atoms with Gasteiger partial charge in [-0.25, -0.2) is 23.8 Å². The number of nitrogens with one attached hydrogen (secondary N) is 2. The van der Waals surface area contributed by atoms with Gasteiger partial charge in [-0.3, -0.25) is 0 Å². The van der Waals surface area contributed by atoms with Crippen molar-refractivity contribution in [3.05, 3.63) is 76.6 Å². The van der Waals surface area contributed by atoms with Gasteiger partial charge < -0.3 is 9.88 Å². The van der Waals surface area contributed by atoms with Crippen LogP contribution < -0.4 is 15.9 Å². The maximum atomic E-state index is 12.1. The van der Waals surface area contributed by atoms with Gasteiger partial charge in [0.2, 0.25) is 10.0 Å². The number of rotatable bonds is 5. The number of primary sulfonamides is 1. The Bertz CT molecular complexity index is 1260. The molecule has 0 bridgehead atoms. The number of hydrogen-bond acceptors (Lipinski definition) is 4. The van der Waals surface area contributed by atoms with Crippen molar-refractivity contribution < 1.29 is 13.2 Å². The zero-order valence-corrected chi connectivity index (χ0v) is 18.6. The molecule has 8 nitrogen and oxygen atoms in total. The molecular weight excluding hydrogens is 414 g/mol. The van der Waals surface area contributed by atoms with Gasteiger partial charge in [-0.05, 0) is 81.3 Å². The number of carbonyl (C=O) groups excluding carboxylic acids is 1. The number of nitrogens with two attached hydrogens (primary N) is 1. The number of carbonyl (C=O) groups is 1. The summed E-state index contributed by atoms with van der Waals surface area (Å²) in [7, 11) is -3.74. The van der Waals surface area contributed by atoms with E-state index in [-0.39, 0.29) is 4.90 Å². The number of aromatic nitrogens is 1. The number of aryl methyl sites for hydroxylation is 3. The SMILES string of the molecule is Cc1ccc(NC(=O)N/N=C/c2cc(C)n(-c3ccc(S(N)(=O)=O)cc3)c2C)cc1C. The van der Waals surface area contributed by atoms with Gasteiger partial charge in [0.1, 0.15) is 0 Å². The summed E-state index contributed by atoms with van der Waals surface area (Å²) in [4.78, 5) is 12.1. The fraction of sp³-hybridized carbons (Fsp3) is 0.182. The van der Waals surface area contributed by atoms with Gasteiger partial charge in [-0.1, -0.05) is 6.07 Å². The van der Waals surface area contributed by atoms with Crippen molar-refractivity contribution in [1.82, 2.24) is 9.99 Å². The monoisotopic (exact) mass is 439 g/mol. The summed E-state index contributed by atoms with van der Waals surface area (Å²) in [6.07, 6.45) is 1.57. The minimum Gasteiger partial charge on any atom is -0.318 e. The zero-order chi connectivity index (χ0) is 22.8. The van der Waals surface area contributed by atoms with Crippen LogP contribution in [0, 0.1) is 27.7 Å². The first kappa shape index (κ1) is 22.3. The Kier molecular flexibility index (Phi) is 6.28. The number of urea groups is 1. The third-order valence-corrected chi connectivity index (χ3v) is 5.96. The molecule has 31 heavy (non-hydrogen) atoms. The van der Waals surface area contributed by atoms with Crippen LogP contribution in [-0.4, -0.2) is 25.2 Å². The van der Waals surface area contributed by atoms with Gasteiger partial charge in [-0.2, -0.15) is 5.10 Å². The summed E-state index contributed by atoms with van der Waals surface area (Å²) < 4.78 is 24.9. The first-order valence-electron chi connectivity index (χ1n) is 9.56. The third-order valence-electron chi connectivity index (χ3n) is 5.03. The van der Waals surface area contributed by atoms with Crippen LogP contribution in [0.1, 0.15) is 28.1 Å². The van der Waals surface area contributed by atoms with E-state index in [2.05, 4.69) is 15.8 Å². The molecule has 2 amide bonds. The standard InChI is InChI=1S/C22H25N5O3S/c1-14-5-6-19(11-15(14)2)25-22(28)26-24-13-18-12-16(3)27(17(18)4)20-7-9-21(10-8-20)31(23,29)30/h5-13H,1-4H3,(H2,23,29,30)(H2,25,26,28)/b24-13+. The Morgan fingerprint density at radius 3 is 2.29 bits per heavy atom. The Morgan fingerprint density at radius 1 is 1.00 bits per heavy atom. The Hall–Kier alpha value is -3.43. The van der Waals surface area contributed by atoms with Gasteiger partial charge in [0.05, 0.1) is 11.1 Å². The van der Waals surface area contributed by atoms with E-state index < -0.39 is 16.1 Å². The first-order chi connectivity index (χ1) is 14.6. The summed E-state index contributed by atoms with van der Waals surface area (Å²) >= 11 is 0. The van der Waals surface area contributed by atoms with Crippen LogP contribution in [0.3, 0.4) is 0 Å². The second-order valence-electron chi connectivity index (χ2n) is 7.32. The maximum Gasteiger partial charge on any atom is 0.339 e. The van der Waals surface area contributed by atoms with Crippen molar-refractivity contribution in [1.29, 1.82) is 0 Å². The molecule has 0 aliphatic carbocycles. The Balaban J connectivity index is 1.72. The van der Waals surface area contributed by atoms with E-state index in [4.69, 9.17) is 5.14 Å². The quantitative estimate of drug-likeness (QED) is 0.417. The summed E-state index contributed by atoms with van der Waals surface area (Å²) in [6.45, 7) is 7.83. The van der Waals surface area contributed by atoms with E-state index in [0.29, 0.717) is 5.69 Å². The molecule has 0 aliphatic rings. The molecule has 3 aromatic rings. The third kappa shape index (κ3) is 5.19. The van der Waals surface area contributed by atoms with Gasteiger partial charge in [0.25, 0.3) is 0 Å². The molecule has 0 aliphatic heterocycles. The molecular formula is C22H25N5O3S. The lowest BCUT2D eigenvalue weighted by Gasteiger charge is -2.10. The van der Waals surface area contributed by atoms with Crippen LogP contribution in [0.2, 0.25) is 0 Å². The lowest BCUT2D eigenvalue weighted by molar-refractivity contribution is 0.252. The lowest BCUT2D eigenvalue weighted by Crippen LogP contribution is -2.24. The van der Waals surface area contributed by atoms with Crippen molar-refractivity contribution >= 4 is 28.0 Å². The number of sulfonamides is 1. The molecule has 162 valence electrons. The second-order valence-corrected chi connectivity index (χ2v) is 8.89. The van der Waals surface area contributed by atoms with Crippen LogP contribution in [0.25, 0.3) is 5.69 Å². The number of hydrazone groups is 1. The molecule has 4 N–H and O–H groups in total. The Labute approximate surface area is 181 Å². The van der Waals surface area contributed by atoms with E-state index in [1.54, 1.807) is 18.3 Å². The van der Waals surface area contributed by atoms with E-state index in [1.165, 1.54) is 12.1 Å². The zero-order valence-electron chi connectivity index (χ0n) is 17.8. The number of nitrogens with zero attached hydrogens (tertiary/aromatic N) is 2. The van der Waals surface area contributed by atoms with Crippen molar-refractivity contribution in [2.45, 2.75) is 32.6 Å². The maximum absolute atomic E-state index is 12.1. The lowest BCUT2D eigenvalue weighted by atomic mass is 10.1. The van der Waals surface area contributed by atoms with Crippen molar-refractivity contribution in [3.8, 4) is 5.69 Å². The molecule has 0 unspecified atom stereocenters. The summed E-state index contributed by atoms with van der Waals surface area (Å²) in [5.41, 5.74) is 8.83. The molecule has 1 heterocycles. The molecule has 0 fully saturated rings. The minimum atomic E-state index is -3.74. The van der Waals surface area contributed by atoms with Crippen LogP contribution in [-0.2, 0) is 10.0 Å².